The summed E-state index contributed by atoms with van der Waals surface area (Å²) in [6.07, 6.45) is -0.912. The van der Waals surface area contributed by atoms with Crippen molar-refractivity contribution in [1.82, 2.24) is 14.8 Å². The summed E-state index contributed by atoms with van der Waals surface area (Å²) in [5.74, 6) is 0.802. The van der Waals surface area contributed by atoms with Crippen LogP contribution in [0.25, 0.3) is 5.69 Å². The van der Waals surface area contributed by atoms with Gasteiger partial charge in [0.1, 0.15) is 17.1 Å². The van der Waals surface area contributed by atoms with Crippen molar-refractivity contribution in [2.75, 3.05) is 12.4 Å². The maximum absolute atomic E-state index is 12.3. The number of nitrogens with one attached hydrogen (secondary N) is 2. The zero-order chi connectivity index (χ0) is 24.3. The van der Waals surface area contributed by atoms with E-state index in [0.29, 0.717) is 11.5 Å². The van der Waals surface area contributed by atoms with E-state index in [0.717, 1.165) is 4.68 Å². The lowest BCUT2D eigenvalue weighted by atomic mass is 10.2. The highest BCUT2D eigenvalue weighted by atomic mass is 35.5. The second-order valence-electron chi connectivity index (χ2n) is 7.66. The van der Waals surface area contributed by atoms with E-state index in [1.54, 1.807) is 52.1 Å². The fourth-order valence-electron chi connectivity index (χ4n) is 2.59. The van der Waals surface area contributed by atoms with Crippen LogP contribution in [0.3, 0.4) is 0 Å². The SMILES string of the molecule is COc1ccc(Oc2c(Cl)cc(-n3nc(NC(=O)OC(C)(C)C)c(=O)[nH]c3=O)cc2Cl)cc1. The van der Waals surface area contributed by atoms with Gasteiger partial charge in [-0.3, -0.25) is 15.1 Å². The molecule has 174 valence electrons. The van der Waals surface area contributed by atoms with E-state index in [1.165, 1.54) is 12.1 Å². The van der Waals surface area contributed by atoms with Gasteiger partial charge in [-0.05, 0) is 57.2 Å². The average Bonchev–Trinajstić information content (AvgIpc) is 2.71. The Hall–Kier alpha value is -3.50. The molecule has 0 saturated heterocycles. The van der Waals surface area contributed by atoms with Gasteiger partial charge < -0.3 is 14.2 Å². The number of H-pyrrole nitrogens is 1. The Balaban J connectivity index is 1.93. The number of ether oxygens (including phenoxy) is 3. The zero-order valence-electron chi connectivity index (χ0n) is 18.1. The van der Waals surface area contributed by atoms with E-state index in [-0.39, 0.29) is 21.5 Å². The van der Waals surface area contributed by atoms with Crippen LogP contribution < -0.4 is 26.0 Å². The minimum absolute atomic E-state index is 0.0786. The van der Waals surface area contributed by atoms with Crippen molar-refractivity contribution in [3.05, 3.63) is 67.3 Å². The van der Waals surface area contributed by atoms with E-state index >= 15 is 0 Å². The number of hydrogen-bond donors (Lipinski definition) is 2. The highest BCUT2D eigenvalue weighted by Crippen LogP contribution is 2.38. The van der Waals surface area contributed by atoms with E-state index in [9.17, 15) is 14.4 Å². The van der Waals surface area contributed by atoms with Gasteiger partial charge in [0.2, 0.25) is 5.82 Å². The second-order valence-corrected chi connectivity index (χ2v) is 8.48. The molecule has 1 aromatic heterocycles. The third-order valence-electron chi connectivity index (χ3n) is 3.95. The van der Waals surface area contributed by atoms with Gasteiger partial charge in [-0.2, -0.15) is 4.68 Å². The molecule has 0 bridgehead atoms. The maximum Gasteiger partial charge on any atom is 0.413 e. The standard InChI is InChI=1S/C21H20Cl2N4O6/c1-21(2,3)33-20(30)24-17-18(28)25-19(29)27(26-17)11-9-14(22)16(15(23)10-11)32-13-7-5-12(31-4)6-8-13/h5-10H,1-4H3,(H,24,26,30)(H,25,28,29). The summed E-state index contributed by atoms with van der Waals surface area (Å²) in [5, 5.41) is 6.27. The predicted molar refractivity (Wildman–Crippen MR) is 123 cm³/mol. The number of methoxy groups -OCH3 is 1. The lowest BCUT2D eigenvalue weighted by Crippen LogP contribution is -2.36. The molecule has 0 saturated carbocycles. The number of amides is 1. The van der Waals surface area contributed by atoms with Crippen molar-refractivity contribution < 1.29 is 19.0 Å². The summed E-state index contributed by atoms with van der Waals surface area (Å²) < 4.78 is 16.8. The summed E-state index contributed by atoms with van der Waals surface area (Å²) in [7, 11) is 1.55. The van der Waals surface area contributed by atoms with Crippen LogP contribution in [0.5, 0.6) is 17.2 Å². The molecule has 33 heavy (non-hydrogen) atoms. The monoisotopic (exact) mass is 494 g/mol. The highest BCUT2D eigenvalue weighted by Gasteiger charge is 2.20. The lowest BCUT2D eigenvalue weighted by Gasteiger charge is -2.19. The Morgan fingerprint density at radius 3 is 2.18 bits per heavy atom. The first-order valence-electron chi connectivity index (χ1n) is 9.52. The lowest BCUT2D eigenvalue weighted by molar-refractivity contribution is 0.0634. The molecule has 2 aromatic carbocycles. The van der Waals surface area contributed by atoms with Gasteiger partial charge in [0.15, 0.2) is 5.75 Å². The Bertz CT molecular complexity index is 1270. The predicted octanol–water partition coefficient (Wildman–Crippen LogP) is 4.38. The summed E-state index contributed by atoms with van der Waals surface area (Å²) >= 11 is 12.7. The molecule has 2 N–H and O–H groups in total. The van der Waals surface area contributed by atoms with Gasteiger partial charge in [0.25, 0.3) is 5.56 Å². The molecule has 1 amide bonds. The quantitative estimate of drug-likeness (QED) is 0.539. The molecule has 0 aliphatic carbocycles. The van der Waals surface area contributed by atoms with E-state index < -0.39 is 28.8 Å². The van der Waals surface area contributed by atoms with Crippen LogP contribution in [0.1, 0.15) is 20.8 Å². The molecule has 0 atom stereocenters. The number of aromatic nitrogens is 3. The smallest absolute Gasteiger partial charge is 0.413 e. The molecule has 0 aliphatic rings. The Kier molecular flexibility index (Phi) is 6.99. The van der Waals surface area contributed by atoms with E-state index in [2.05, 4.69) is 15.4 Å². The molecule has 0 fully saturated rings. The van der Waals surface area contributed by atoms with Crippen LogP contribution in [-0.2, 0) is 4.74 Å². The number of nitrogens with zero attached hydrogens (tertiary/aromatic N) is 2. The normalized spacial score (nSPS) is 11.1. The van der Waals surface area contributed by atoms with Gasteiger partial charge in [0.05, 0.1) is 22.8 Å². The fraction of sp³-hybridized carbons (Fsp3) is 0.238. The number of aromatic amines is 1. The van der Waals surface area contributed by atoms with Crippen molar-refractivity contribution in [1.29, 1.82) is 0 Å². The summed E-state index contributed by atoms with van der Waals surface area (Å²) in [6, 6.07) is 9.49. The molecule has 10 nitrogen and oxygen atoms in total. The summed E-state index contributed by atoms with van der Waals surface area (Å²) in [4.78, 5) is 38.5. The number of hydrogen-bond acceptors (Lipinski definition) is 7. The van der Waals surface area contributed by atoms with Crippen LogP contribution in [0.2, 0.25) is 10.0 Å². The van der Waals surface area contributed by atoms with Crippen LogP contribution in [0.15, 0.2) is 46.0 Å². The number of anilines is 1. The molecule has 0 spiro atoms. The summed E-state index contributed by atoms with van der Waals surface area (Å²) in [6.45, 7) is 4.97. The van der Waals surface area contributed by atoms with Gasteiger partial charge in [0, 0.05) is 0 Å². The molecule has 0 aliphatic heterocycles. The first kappa shape index (κ1) is 24.1. The number of benzene rings is 2. The molecule has 0 radical (unpaired) electrons. The van der Waals surface area contributed by atoms with Crippen LogP contribution in [-0.4, -0.2) is 33.6 Å². The van der Waals surface area contributed by atoms with Crippen molar-refractivity contribution in [3.8, 4) is 22.9 Å². The first-order valence-corrected chi connectivity index (χ1v) is 10.3. The van der Waals surface area contributed by atoms with Crippen LogP contribution >= 0.6 is 23.2 Å². The van der Waals surface area contributed by atoms with Gasteiger partial charge >= 0.3 is 11.8 Å². The molecular formula is C21H20Cl2N4O6. The highest BCUT2D eigenvalue weighted by molar-refractivity contribution is 6.37. The second kappa shape index (κ2) is 9.55. The number of carbonyl (C=O) groups is 1. The minimum atomic E-state index is -0.912. The Morgan fingerprint density at radius 1 is 1.06 bits per heavy atom. The molecule has 1 heterocycles. The molecule has 3 rings (SSSR count). The van der Waals surface area contributed by atoms with Crippen LogP contribution in [0, 0.1) is 0 Å². The minimum Gasteiger partial charge on any atom is -0.497 e. The van der Waals surface area contributed by atoms with E-state index in [4.69, 9.17) is 37.4 Å². The number of rotatable bonds is 5. The van der Waals surface area contributed by atoms with Crippen molar-refractivity contribution in [2.24, 2.45) is 0 Å². The number of halogens is 2. The third kappa shape index (κ3) is 6.05. The van der Waals surface area contributed by atoms with Gasteiger partial charge in [-0.15, -0.1) is 5.10 Å². The van der Waals surface area contributed by atoms with Crippen LogP contribution in [0.4, 0.5) is 10.6 Å². The van der Waals surface area contributed by atoms with E-state index in [1.807, 2.05) is 0 Å². The Morgan fingerprint density at radius 2 is 1.64 bits per heavy atom. The first-order chi connectivity index (χ1) is 15.5. The average molecular weight is 495 g/mol. The molecule has 0 unspecified atom stereocenters. The van der Waals surface area contributed by atoms with Crippen molar-refractivity contribution in [3.63, 3.8) is 0 Å². The largest absolute Gasteiger partial charge is 0.497 e. The molecular weight excluding hydrogens is 475 g/mol. The fourth-order valence-corrected chi connectivity index (χ4v) is 3.14. The Labute approximate surface area is 198 Å². The zero-order valence-corrected chi connectivity index (χ0v) is 19.6. The van der Waals surface area contributed by atoms with Gasteiger partial charge in [-0.25, -0.2) is 9.59 Å². The van der Waals surface area contributed by atoms with Gasteiger partial charge in [-0.1, -0.05) is 23.2 Å². The molecule has 3 aromatic rings. The topological polar surface area (TPSA) is 125 Å². The third-order valence-corrected chi connectivity index (χ3v) is 4.52. The maximum atomic E-state index is 12.3. The molecule has 12 heteroatoms. The van der Waals surface area contributed by atoms with Crippen molar-refractivity contribution >= 4 is 35.1 Å². The van der Waals surface area contributed by atoms with Crippen molar-refractivity contribution in [2.45, 2.75) is 26.4 Å². The number of carbonyl (C=O) groups excluding carboxylic acids is 1. The summed E-state index contributed by atoms with van der Waals surface area (Å²) in [5.41, 5.74) is -2.45.